The van der Waals surface area contributed by atoms with Gasteiger partial charge in [-0.1, -0.05) is 18.2 Å². The molecule has 1 fully saturated rings. The molecule has 2 rings (SSSR count). The van der Waals surface area contributed by atoms with E-state index in [1.165, 1.54) is 12.0 Å². The first-order chi connectivity index (χ1) is 10.3. The Hall–Kier alpha value is -2.24. The predicted octanol–water partition coefficient (Wildman–Crippen LogP) is 2.23. The Morgan fingerprint density at radius 3 is 2.23 bits per heavy atom. The van der Waals surface area contributed by atoms with Gasteiger partial charge in [-0.2, -0.15) is 0 Å². The Balaban J connectivity index is 2.06. The molecule has 1 amide bonds. The van der Waals surface area contributed by atoms with Gasteiger partial charge in [-0.3, -0.25) is 4.90 Å². The Morgan fingerprint density at radius 1 is 1.14 bits per heavy atom. The second-order valence-corrected chi connectivity index (χ2v) is 6.24. The maximum absolute atomic E-state index is 12.0. The van der Waals surface area contributed by atoms with Crippen LogP contribution < -0.4 is 4.74 Å². The molecule has 0 aliphatic carbocycles. The smallest absolute Gasteiger partial charge is 0.410 e. The SMILES string of the molecule is COC(=O)C1(Oc2ccccc2)CN(C(=O)OC(C)(C)C)C1. The largest absolute Gasteiger partial charge is 0.472 e. The van der Waals surface area contributed by atoms with Crippen molar-refractivity contribution in [2.24, 2.45) is 0 Å². The van der Waals surface area contributed by atoms with Gasteiger partial charge < -0.3 is 14.2 Å². The van der Waals surface area contributed by atoms with Crippen LogP contribution in [-0.4, -0.2) is 48.4 Å². The first-order valence-corrected chi connectivity index (χ1v) is 7.06. The number of para-hydroxylation sites is 1. The Bertz CT molecular complexity index is 543. The number of ether oxygens (including phenoxy) is 3. The summed E-state index contributed by atoms with van der Waals surface area (Å²) in [5.41, 5.74) is -1.76. The van der Waals surface area contributed by atoms with Gasteiger partial charge >= 0.3 is 12.1 Å². The van der Waals surface area contributed by atoms with Gasteiger partial charge in [0.05, 0.1) is 20.2 Å². The molecule has 1 heterocycles. The average molecular weight is 307 g/mol. The molecule has 0 radical (unpaired) electrons. The van der Waals surface area contributed by atoms with Crippen LogP contribution in [0.2, 0.25) is 0 Å². The molecule has 0 spiro atoms. The van der Waals surface area contributed by atoms with E-state index in [-0.39, 0.29) is 13.1 Å². The highest BCUT2D eigenvalue weighted by Crippen LogP contribution is 2.30. The van der Waals surface area contributed by atoms with E-state index >= 15 is 0 Å². The van der Waals surface area contributed by atoms with E-state index in [0.29, 0.717) is 5.75 Å². The third-order valence-corrected chi connectivity index (χ3v) is 3.16. The van der Waals surface area contributed by atoms with Crippen molar-refractivity contribution in [3.63, 3.8) is 0 Å². The first-order valence-electron chi connectivity index (χ1n) is 7.06. The minimum absolute atomic E-state index is 0.101. The molecule has 1 aromatic carbocycles. The van der Waals surface area contributed by atoms with Crippen molar-refractivity contribution in [2.75, 3.05) is 20.2 Å². The van der Waals surface area contributed by atoms with Crippen molar-refractivity contribution < 1.29 is 23.8 Å². The van der Waals surface area contributed by atoms with E-state index in [2.05, 4.69) is 0 Å². The molecule has 0 saturated carbocycles. The molecule has 0 unspecified atom stereocenters. The number of hydrogen-bond donors (Lipinski definition) is 0. The number of rotatable bonds is 3. The van der Waals surface area contributed by atoms with Gasteiger partial charge in [0.25, 0.3) is 0 Å². The normalized spacial score (nSPS) is 16.5. The zero-order valence-electron chi connectivity index (χ0n) is 13.3. The number of carbonyl (C=O) groups excluding carboxylic acids is 2. The van der Waals surface area contributed by atoms with Crippen molar-refractivity contribution in [1.82, 2.24) is 4.90 Å². The van der Waals surface area contributed by atoms with Crippen LogP contribution in [0, 0.1) is 0 Å². The molecule has 120 valence electrons. The van der Waals surface area contributed by atoms with E-state index in [9.17, 15) is 9.59 Å². The highest BCUT2D eigenvalue weighted by Gasteiger charge is 2.55. The highest BCUT2D eigenvalue weighted by molar-refractivity contribution is 5.85. The van der Waals surface area contributed by atoms with Gasteiger partial charge in [0.2, 0.25) is 5.60 Å². The van der Waals surface area contributed by atoms with E-state index in [0.717, 1.165) is 0 Å². The minimum atomic E-state index is -1.17. The number of likely N-dealkylation sites (tertiary alicyclic amines) is 1. The summed E-state index contributed by atoms with van der Waals surface area (Å²) in [4.78, 5) is 25.5. The molecule has 6 heteroatoms. The summed E-state index contributed by atoms with van der Waals surface area (Å²) in [5, 5.41) is 0. The monoisotopic (exact) mass is 307 g/mol. The number of carbonyl (C=O) groups is 2. The van der Waals surface area contributed by atoms with Gasteiger partial charge in [0.15, 0.2) is 0 Å². The summed E-state index contributed by atoms with van der Waals surface area (Å²) in [6.07, 6.45) is -0.469. The van der Waals surface area contributed by atoms with Crippen LogP contribution in [-0.2, 0) is 14.3 Å². The number of methoxy groups -OCH3 is 1. The topological polar surface area (TPSA) is 65.1 Å². The second-order valence-electron chi connectivity index (χ2n) is 6.24. The van der Waals surface area contributed by atoms with E-state index < -0.39 is 23.3 Å². The van der Waals surface area contributed by atoms with Crippen molar-refractivity contribution in [3.05, 3.63) is 30.3 Å². The maximum atomic E-state index is 12.0. The quantitative estimate of drug-likeness (QED) is 0.801. The molecule has 0 aromatic heterocycles. The molecule has 0 N–H and O–H groups in total. The third-order valence-electron chi connectivity index (χ3n) is 3.16. The van der Waals surface area contributed by atoms with Crippen molar-refractivity contribution >= 4 is 12.1 Å². The van der Waals surface area contributed by atoms with E-state index in [1.807, 2.05) is 18.2 Å². The van der Waals surface area contributed by atoms with Crippen LogP contribution in [0.4, 0.5) is 4.79 Å². The van der Waals surface area contributed by atoms with Crippen LogP contribution in [0.3, 0.4) is 0 Å². The maximum Gasteiger partial charge on any atom is 0.410 e. The van der Waals surface area contributed by atoms with Crippen molar-refractivity contribution in [3.8, 4) is 5.75 Å². The lowest BCUT2D eigenvalue weighted by Gasteiger charge is -2.46. The summed E-state index contributed by atoms with van der Waals surface area (Å²) in [5.74, 6) is 0.0490. The van der Waals surface area contributed by atoms with Crippen molar-refractivity contribution in [1.29, 1.82) is 0 Å². The molecule has 1 aliphatic rings. The zero-order chi connectivity index (χ0) is 16.4. The van der Waals surface area contributed by atoms with Crippen molar-refractivity contribution in [2.45, 2.75) is 32.0 Å². The molecule has 6 nitrogen and oxygen atoms in total. The molecule has 0 atom stereocenters. The second kappa shape index (κ2) is 5.87. The lowest BCUT2D eigenvalue weighted by atomic mass is 9.94. The highest BCUT2D eigenvalue weighted by atomic mass is 16.6. The number of amides is 1. The predicted molar refractivity (Wildman–Crippen MR) is 79.6 cm³/mol. The van der Waals surface area contributed by atoms with Gasteiger partial charge in [0.1, 0.15) is 11.4 Å². The number of benzene rings is 1. The molecular formula is C16H21NO5. The first kappa shape index (κ1) is 16.1. The van der Waals surface area contributed by atoms with Gasteiger partial charge in [-0.15, -0.1) is 0 Å². The Kier molecular flexibility index (Phi) is 4.30. The third kappa shape index (κ3) is 3.50. The molecule has 1 aromatic rings. The fraction of sp³-hybridized carbons (Fsp3) is 0.500. The number of nitrogens with zero attached hydrogens (tertiary/aromatic N) is 1. The molecule has 1 aliphatic heterocycles. The number of hydrogen-bond acceptors (Lipinski definition) is 5. The van der Waals surface area contributed by atoms with Gasteiger partial charge in [-0.05, 0) is 32.9 Å². The van der Waals surface area contributed by atoms with E-state index in [1.54, 1.807) is 32.9 Å². The van der Waals surface area contributed by atoms with Crippen LogP contribution >= 0.6 is 0 Å². The molecular weight excluding hydrogens is 286 g/mol. The molecule has 1 saturated heterocycles. The lowest BCUT2D eigenvalue weighted by Crippen LogP contribution is -2.71. The summed E-state index contributed by atoms with van der Waals surface area (Å²) in [7, 11) is 1.30. The van der Waals surface area contributed by atoms with Crippen LogP contribution in [0.25, 0.3) is 0 Å². The standard InChI is InChI=1S/C16H21NO5/c1-15(2,3)22-14(19)17-10-16(11-17,13(18)20-4)21-12-8-6-5-7-9-12/h5-9H,10-11H2,1-4H3. The summed E-state index contributed by atoms with van der Waals surface area (Å²) in [6, 6.07) is 8.97. The summed E-state index contributed by atoms with van der Waals surface area (Å²) < 4.78 is 15.9. The summed E-state index contributed by atoms with van der Waals surface area (Å²) >= 11 is 0. The zero-order valence-corrected chi connectivity index (χ0v) is 13.3. The van der Waals surface area contributed by atoms with Crippen LogP contribution in [0.1, 0.15) is 20.8 Å². The molecule has 22 heavy (non-hydrogen) atoms. The van der Waals surface area contributed by atoms with Crippen LogP contribution in [0.15, 0.2) is 30.3 Å². The molecule has 0 bridgehead atoms. The fourth-order valence-electron chi connectivity index (χ4n) is 2.16. The Morgan fingerprint density at radius 2 is 1.73 bits per heavy atom. The average Bonchev–Trinajstić information content (AvgIpc) is 2.40. The lowest BCUT2D eigenvalue weighted by molar-refractivity contribution is -0.173. The minimum Gasteiger partial charge on any atom is -0.472 e. The number of esters is 1. The van der Waals surface area contributed by atoms with Gasteiger partial charge in [-0.25, -0.2) is 9.59 Å². The van der Waals surface area contributed by atoms with E-state index in [4.69, 9.17) is 14.2 Å². The summed E-state index contributed by atoms with van der Waals surface area (Å²) in [6.45, 7) is 5.57. The Labute approximate surface area is 129 Å². The fourth-order valence-corrected chi connectivity index (χ4v) is 2.16. The van der Waals surface area contributed by atoms with Crippen LogP contribution in [0.5, 0.6) is 5.75 Å². The van der Waals surface area contributed by atoms with Gasteiger partial charge in [0, 0.05) is 0 Å².